The highest BCUT2D eigenvalue weighted by atomic mass is 32.2. The summed E-state index contributed by atoms with van der Waals surface area (Å²) in [6.45, 7) is 2.64. The van der Waals surface area contributed by atoms with Crippen molar-refractivity contribution in [2.45, 2.75) is 122 Å². The topological polar surface area (TPSA) is 364 Å². The molecule has 24 nitrogen and oxygen atoms in total. The van der Waals surface area contributed by atoms with Gasteiger partial charge in [0.15, 0.2) is 22.8 Å². The Morgan fingerprint density at radius 1 is 0.836 bits per heavy atom. The lowest BCUT2D eigenvalue weighted by Gasteiger charge is -2.30. The molecule has 2 aromatic rings. The molecule has 1 aliphatic rings. The smallest absolute Gasteiger partial charge is 0.386 e. The second-order valence-electron chi connectivity index (χ2n) is 17.0. The molecule has 0 spiro atoms. The molecule has 1 fully saturated rings. The van der Waals surface area contributed by atoms with Gasteiger partial charge in [-0.05, 0) is 57.8 Å². The summed E-state index contributed by atoms with van der Waals surface area (Å²) in [4.78, 5) is 88.5. The summed E-state index contributed by atoms with van der Waals surface area (Å²) < 4.78 is 62.5. The molecule has 2 amide bonds. The molecule has 3 heterocycles. The van der Waals surface area contributed by atoms with Gasteiger partial charge < -0.3 is 50.9 Å². The summed E-state index contributed by atoms with van der Waals surface area (Å²) in [7, 11) is -16.4. The van der Waals surface area contributed by atoms with Gasteiger partial charge in [-0.25, -0.2) is 28.6 Å². The zero-order valence-corrected chi connectivity index (χ0v) is 44.6. The minimum absolute atomic E-state index is 0.0222. The van der Waals surface area contributed by atoms with Crippen molar-refractivity contribution in [2.24, 2.45) is 5.41 Å². The molecule has 0 aromatic carbocycles. The Morgan fingerprint density at radius 3 is 2.03 bits per heavy atom. The number of rotatable bonds is 35. The molecule has 3 rings (SSSR count). The monoisotopic (exact) mass is 1110 g/mol. The number of nitrogen functional groups attached to an aromatic ring is 1. The Morgan fingerprint density at radius 2 is 1.42 bits per heavy atom. The van der Waals surface area contributed by atoms with Crippen LogP contribution in [0.4, 0.5) is 5.82 Å². The molecule has 2 aromatic heterocycles. The number of ether oxygens (including phenoxy) is 1. The summed E-state index contributed by atoms with van der Waals surface area (Å²) in [5.74, 6) is -1.08. The fourth-order valence-electron chi connectivity index (χ4n) is 6.54. The normalized spacial score (nSPS) is 20.1. The Bertz CT molecular complexity index is 2390. The van der Waals surface area contributed by atoms with Crippen molar-refractivity contribution in [1.82, 2.24) is 30.2 Å². The predicted molar refractivity (Wildman–Crippen MR) is 274 cm³/mol. The molecule has 0 saturated carbocycles. The zero-order valence-electron chi connectivity index (χ0n) is 41.1. The van der Waals surface area contributed by atoms with E-state index < -0.39 is 84.6 Å². The third-order valence-corrected chi connectivity index (χ3v) is 14.4. The number of fused-ring (bicyclic) bond motifs is 1. The van der Waals surface area contributed by atoms with E-state index in [1.165, 1.54) is 13.8 Å². The van der Waals surface area contributed by atoms with Gasteiger partial charge in [-0.2, -0.15) is 4.31 Å². The van der Waals surface area contributed by atoms with Crippen molar-refractivity contribution < 1.29 is 80.5 Å². The molecule has 0 aliphatic carbocycles. The van der Waals surface area contributed by atoms with Crippen molar-refractivity contribution in [3.05, 3.63) is 85.6 Å². The quantitative estimate of drug-likeness (QED) is 0.0219. The van der Waals surface area contributed by atoms with E-state index in [0.717, 1.165) is 86.8 Å². The van der Waals surface area contributed by atoms with Crippen LogP contribution in [0.2, 0.25) is 0 Å². The van der Waals surface area contributed by atoms with Crippen LogP contribution in [0.3, 0.4) is 0 Å². The lowest BCUT2D eigenvalue weighted by molar-refractivity contribution is -0.137. The Hall–Kier alpha value is -4.00. The Kier molecular flexibility index (Phi) is 28.1. The number of aromatic nitrogens is 4. The molecule has 0 bridgehead atoms. The van der Waals surface area contributed by atoms with E-state index in [2.05, 4.69) is 114 Å². The van der Waals surface area contributed by atoms with Crippen LogP contribution in [0.1, 0.15) is 97.6 Å². The van der Waals surface area contributed by atoms with Crippen LogP contribution in [0.25, 0.3) is 11.2 Å². The maximum Gasteiger partial charge on any atom is 0.481 e. The van der Waals surface area contributed by atoms with Gasteiger partial charge in [0.05, 0.1) is 19.5 Å². The molecule has 408 valence electrons. The minimum Gasteiger partial charge on any atom is -0.386 e. The third-order valence-electron chi connectivity index (χ3n) is 10.4. The average molecular weight is 1110 g/mol. The fraction of sp³-hybridized carbons (Fsp3) is 0.556. The number of hydrogen-bond acceptors (Lipinski definition) is 18. The lowest BCUT2D eigenvalue weighted by Crippen LogP contribution is -2.46. The first kappa shape index (κ1) is 63.3. The molecule has 73 heavy (non-hydrogen) atoms. The van der Waals surface area contributed by atoms with Gasteiger partial charge >= 0.3 is 23.5 Å². The number of anilines is 1. The fourth-order valence-corrected chi connectivity index (χ4v) is 10.1. The average Bonchev–Trinajstić information content (AvgIpc) is 3.88. The highest BCUT2D eigenvalue weighted by molar-refractivity contribution is 8.13. The zero-order chi connectivity index (χ0) is 53.9. The van der Waals surface area contributed by atoms with Crippen molar-refractivity contribution in [2.75, 3.05) is 37.8 Å². The number of allylic oxidation sites excluding steroid dienone is 12. The lowest BCUT2D eigenvalue weighted by atomic mass is 9.87. The number of unbranched alkanes of at least 4 members (excludes halogenated alkanes) is 2. The van der Waals surface area contributed by atoms with E-state index in [0.29, 0.717) is 12.2 Å². The van der Waals surface area contributed by atoms with Crippen molar-refractivity contribution in [1.29, 1.82) is 0 Å². The molecule has 10 N–H and O–H groups in total. The summed E-state index contributed by atoms with van der Waals surface area (Å²) in [6.07, 6.45) is 27.6. The number of hydrogen-bond donors (Lipinski definition) is 9. The van der Waals surface area contributed by atoms with E-state index in [4.69, 9.17) is 19.5 Å². The summed E-state index contributed by atoms with van der Waals surface area (Å²) >= 11 is 1.12. The first-order valence-corrected chi connectivity index (χ1v) is 29.0. The third kappa shape index (κ3) is 24.9. The number of nitrogens with two attached hydrogens (primary N) is 1. The molecular weight excluding hydrogens is 1040 g/mol. The van der Waals surface area contributed by atoms with Crippen molar-refractivity contribution >= 4 is 69.1 Å². The van der Waals surface area contributed by atoms with Crippen LogP contribution in [-0.2, 0) is 50.7 Å². The first-order chi connectivity index (χ1) is 34.6. The molecular formula is C45H70N7O17P3S. The van der Waals surface area contributed by atoms with E-state index in [1.54, 1.807) is 0 Å². The Labute approximate surface area is 429 Å². The number of amides is 2. The number of aliphatic hydroxyl groups is 2. The molecule has 28 heteroatoms. The summed E-state index contributed by atoms with van der Waals surface area (Å²) in [5, 5.41) is 26.6. The second-order valence-corrected chi connectivity index (χ2v) is 22.3. The van der Waals surface area contributed by atoms with Gasteiger partial charge in [-0.1, -0.05) is 105 Å². The van der Waals surface area contributed by atoms with Crippen LogP contribution in [0.15, 0.2) is 85.6 Å². The van der Waals surface area contributed by atoms with Gasteiger partial charge in [0.2, 0.25) is 11.8 Å². The summed E-state index contributed by atoms with van der Waals surface area (Å²) in [6, 6.07) is 0. The number of phosphoric acid groups is 3. The van der Waals surface area contributed by atoms with Crippen LogP contribution >= 0.6 is 35.2 Å². The van der Waals surface area contributed by atoms with E-state index >= 15 is 0 Å². The van der Waals surface area contributed by atoms with Gasteiger partial charge in [0.1, 0.15) is 36.3 Å². The standard InChI is InChI=1S/C45H70N7O17P3S/c1-4-5-6-7-8-9-10-11-12-13-14-15-16-17-18-19-20-21-22-23-24-25-36(54)73-29-28-47-35(53)26-27-48-43(57)40(56)45(2,3)31-66-72(63,64)69-71(61,62)65-30-34-39(68-70(58,59)60)38(55)44(67-34)52-33-51-37-41(46)49-32-50-42(37)52/h5-6,8-9,11-12,14-15,17-18,20-21,32-34,38-40,44,55-56H,4,7,10,13,16,19,22-31H2,1-3H3,(H,47,53)(H,48,57)(H,61,62)(H,63,64)(H2,46,49,50)(H2,58,59,60)/b6-5-,9-8-,12-11-,15-14-,18-17-,21-20-/t34-,38?,39?,40+,44-/m1/s1. The largest absolute Gasteiger partial charge is 0.481 e. The number of carbonyl (C=O) groups is 3. The minimum atomic E-state index is -5.58. The highest BCUT2D eigenvalue weighted by Gasteiger charge is 2.50. The van der Waals surface area contributed by atoms with Crippen LogP contribution in [0, 0.1) is 5.41 Å². The highest BCUT2D eigenvalue weighted by Crippen LogP contribution is 2.61. The summed E-state index contributed by atoms with van der Waals surface area (Å²) in [5.41, 5.74) is 4.27. The SMILES string of the molecule is CC/C=C\C/C=C\C/C=C\C/C=C\C/C=C\C/C=C\CCCCC(=O)SCCNC(=O)CCNC(=O)[C@H](O)C(C)(C)COP(=O)(O)OP(=O)(O)OC[C@H]1O[C@@H](n2cnc3c(N)ncnc32)C(O)C1OP(=O)(O)O. The maximum absolute atomic E-state index is 12.8. The predicted octanol–water partition coefficient (Wildman–Crippen LogP) is 5.92. The number of nitrogens with zero attached hydrogens (tertiary/aromatic N) is 4. The van der Waals surface area contributed by atoms with E-state index in [1.807, 2.05) is 0 Å². The van der Waals surface area contributed by atoms with Gasteiger partial charge in [0.25, 0.3) is 0 Å². The van der Waals surface area contributed by atoms with Crippen LogP contribution in [-0.4, -0.2) is 123 Å². The molecule has 0 radical (unpaired) electrons. The number of thioether (sulfide) groups is 1. The maximum atomic E-state index is 12.8. The molecule has 4 unspecified atom stereocenters. The number of carbonyl (C=O) groups excluding carboxylic acids is 3. The van der Waals surface area contributed by atoms with Crippen LogP contribution < -0.4 is 16.4 Å². The number of aliphatic hydroxyl groups excluding tert-OH is 2. The molecule has 1 saturated heterocycles. The first-order valence-electron chi connectivity index (χ1n) is 23.5. The van der Waals surface area contributed by atoms with Crippen LogP contribution in [0.5, 0.6) is 0 Å². The molecule has 1 aliphatic heterocycles. The number of imidazole rings is 1. The van der Waals surface area contributed by atoms with E-state index in [9.17, 15) is 57.9 Å². The molecule has 7 atom stereocenters. The van der Waals surface area contributed by atoms with Gasteiger partial charge in [0, 0.05) is 37.1 Å². The van der Waals surface area contributed by atoms with Gasteiger partial charge in [-0.15, -0.1) is 0 Å². The second kappa shape index (κ2) is 32.4. The number of nitrogens with one attached hydrogen (secondary N) is 2. The Balaban J connectivity index is 1.27. The number of phosphoric ester groups is 3. The van der Waals surface area contributed by atoms with Gasteiger partial charge in [-0.3, -0.25) is 32.5 Å². The van der Waals surface area contributed by atoms with Crippen molar-refractivity contribution in [3.8, 4) is 0 Å². The van der Waals surface area contributed by atoms with Crippen molar-refractivity contribution in [3.63, 3.8) is 0 Å². The van der Waals surface area contributed by atoms with E-state index in [-0.39, 0.29) is 41.6 Å².